The second kappa shape index (κ2) is 9.29. The normalized spacial score (nSPS) is 15.4. The van der Waals surface area contributed by atoms with Crippen molar-refractivity contribution < 1.29 is 4.42 Å². The molecule has 6 heteroatoms. The molecular weight excluding hydrogens is 386 g/mol. The maximum Gasteiger partial charge on any atom is 0.122 e. The van der Waals surface area contributed by atoms with E-state index in [2.05, 4.69) is 45.7 Å². The summed E-state index contributed by atoms with van der Waals surface area (Å²) in [6.45, 7) is 3.80. The molecule has 1 aliphatic rings. The molecule has 5 rings (SSSR count). The molecule has 4 aromatic rings. The summed E-state index contributed by atoms with van der Waals surface area (Å²) < 4.78 is 7.71. The Morgan fingerprint density at radius 1 is 1.00 bits per heavy atom. The minimum atomic E-state index is 0.253. The quantitative estimate of drug-likeness (QED) is 0.462. The SMILES string of the molecule is c1ccc(-n2cc(CNCC(c3ccco3)N3CCCC3)c(-c3cccnc3)n2)cc1. The molecule has 1 unspecified atom stereocenters. The van der Waals surface area contributed by atoms with E-state index < -0.39 is 0 Å². The smallest absolute Gasteiger partial charge is 0.122 e. The van der Waals surface area contributed by atoms with Crippen LogP contribution in [-0.4, -0.2) is 39.3 Å². The number of benzene rings is 1. The van der Waals surface area contributed by atoms with Crippen molar-refractivity contribution in [2.45, 2.75) is 25.4 Å². The van der Waals surface area contributed by atoms with Crippen LogP contribution in [-0.2, 0) is 6.54 Å². The minimum Gasteiger partial charge on any atom is -0.468 e. The molecule has 4 heterocycles. The van der Waals surface area contributed by atoms with Crippen LogP contribution in [0.15, 0.2) is 83.9 Å². The monoisotopic (exact) mass is 413 g/mol. The van der Waals surface area contributed by atoms with Crippen molar-refractivity contribution in [3.05, 3.63) is 90.8 Å². The van der Waals surface area contributed by atoms with Gasteiger partial charge in [-0.05, 0) is 62.3 Å². The molecule has 1 N–H and O–H groups in total. The molecule has 3 aromatic heterocycles. The van der Waals surface area contributed by atoms with Crippen LogP contribution < -0.4 is 5.32 Å². The molecule has 1 saturated heterocycles. The second-order valence-electron chi connectivity index (χ2n) is 7.93. The van der Waals surface area contributed by atoms with Gasteiger partial charge in [-0.1, -0.05) is 18.2 Å². The van der Waals surface area contributed by atoms with E-state index in [0.29, 0.717) is 0 Å². The lowest BCUT2D eigenvalue weighted by Gasteiger charge is -2.26. The van der Waals surface area contributed by atoms with Crippen molar-refractivity contribution >= 4 is 0 Å². The topological polar surface area (TPSA) is 59.1 Å². The molecule has 158 valence electrons. The van der Waals surface area contributed by atoms with Gasteiger partial charge in [-0.3, -0.25) is 9.88 Å². The summed E-state index contributed by atoms with van der Waals surface area (Å²) in [4.78, 5) is 6.81. The van der Waals surface area contributed by atoms with Gasteiger partial charge in [-0.25, -0.2) is 4.68 Å². The van der Waals surface area contributed by atoms with E-state index in [0.717, 1.165) is 54.4 Å². The van der Waals surface area contributed by atoms with Crippen LogP contribution in [0.3, 0.4) is 0 Å². The number of hydrogen-bond donors (Lipinski definition) is 1. The molecule has 0 amide bonds. The number of nitrogens with zero attached hydrogens (tertiary/aromatic N) is 4. The highest BCUT2D eigenvalue weighted by Gasteiger charge is 2.25. The van der Waals surface area contributed by atoms with Gasteiger partial charge in [-0.15, -0.1) is 0 Å². The average Bonchev–Trinajstić information content (AvgIpc) is 3.60. The average molecular weight is 414 g/mol. The third-order valence-corrected chi connectivity index (χ3v) is 5.85. The summed E-state index contributed by atoms with van der Waals surface area (Å²) in [5.74, 6) is 1.03. The van der Waals surface area contributed by atoms with Gasteiger partial charge >= 0.3 is 0 Å². The fraction of sp³-hybridized carbons (Fsp3) is 0.280. The first-order valence-electron chi connectivity index (χ1n) is 10.9. The summed E-state index contributed by atoms with van der Waals surface area (Å²) in [5.41, 5.74) is 4.18. The van der Waals surface area contributed by atoms with Crippen molar-refractivity contribution in [1.82, 2.24) is 25.0 Å². The first-order valence-corrected chi connectivity index (χ1v) is 10.9. The summed E-state index contributed by atoms with van der Waals surface area (Å²) in [6, 6.07) is 18.5. The van der Waals surface area contributed by atoms with E-state index in [4.69, 9.17) is 9.52 Å². The van der Waals surface area contributed by atoms with Gasteiger partial charge in [0, 0.05) is 42.8 Å². The molecular formula is C25H27N5O. The summed E-state index contributed by atoms with van der Waals surface area (Å²) in [7, 11) is 0. The van der Waals surface area contributed by atoms with Crippen molar-refractivity contribution in [3.8, 4) is 16.9 Å². The van der Waals surface area contributed by atoms with E-state index in [9.17, 15) is 0 Å². The van der Waals surface area contributed by atoms with Crippen LogP contribution >= 0.6 is 0 Å². The van der Waals surface area contributed by atoms with Crippen LogP contribution in [0.2, 0.25) is 0 Å². The van der Waals surface area contributed by atoms with Crippen LogP contribution in [0.1, 0.15) is 30.2 Å². The van der Waals surface area contributed by atoms with Crippen molar-refractivity contribution in [2.24, 2.45) is 0 Å². The fourth-order valence-corrected chi connectivity index (χ4v) is 4.29. The zero-order valence-electron chi connectivity index (χ0n) is 17.5. The van der Waals surface area contributed by atoms with Gasteiger partial charge in [-0.2, -0.15) is 5.10 Å². The predicted octanol–water partition coefficient (Wildman–Crippen LogP) is 4.45. The zero-order chi connectivity index (χ0) is 20.9. The Hall–Kier alpha value is -3.22. The lowest BCUT2D eigenvalue weighted by atomic mass is 10.1. The molecule has 1 aromatic carbocycles. The van der Waals surface area contributed by atoms with Gasteiger partial charge in [0.1, 0.15) is 5.76 Å². The highest BCUT2D eigenvalue weighted by atomic mass is 16.3. The molecule has 0 saturated carbocycles. The number of aromatic nitrogens is 3. The maximum atomic E-state index is 5.76. The predicted molar refractivity (Wildman–Crippen MR) is 121 cm³/mol. The van der Waals surface area contributed by atoms with Gasteiger partial charge in [0.05, 0.1) is 23.7 Å². The maximum absolute atomic E-state index is 5.76. The van der Waals surface area contributed by atoms with Crippen molar-refractivity contribution in [3.63, 3.8) is 0 Å². The number of rotatable bonds is 8. The number of hydrogen-bond acceptors (Lipinski definition) is 5. The number of nitrogens with one attached hydrogen (secondary N) is 1. The molecule has 0 aliphatic carbocycles. The highest BCUT2D eigenvalue weighted by molar-refractivity contribution is 5.62. The number of likely N-dealkylation sites (tertiary alicyclic amines) is 1. The lowest BCUT2D eigenvalue weighted by molar-refractivity contribution is 0.209. The van der Waals surface area contributed by atoms with Gasteiger partial charge in [0.2, 0.25) is 0 Å². The van der Waals surface area contributed by atoms with Crippen LogP contribution in [0.4, 0.5) is 0 Å². The Kier molecular flexibility index (Phi) is 5.91. The third-order valence-electron chi connectivity index (χ3n) is 5.85. The molecule has 6 nitrogen and oxygen atoms in total. The lowest BCUT2D eigenvalue weighted by Crippen LogP contribution is -2.33. The first-order chi connectivity index (χ1) is 15.4. The number of para-hydroxylation sites is 1. The Morgan fingerprint density at radius 2 is 1.87 bits per heavy atom. The molecule has 1 aliphatic heterocycles. The van der Waals surface area contributed by atoms with Crippen LogP contribution in [0, 0.1) is 0 Å². The van der Waals surface area contributed by atoms with Crippen LogP contribution in [0.5, 0.6) is 0 Å². The minimum absolute atomic E-state index is 0.253. The van der Waals surface area contributed by atoms with Gasteiger partial charge in [0.15, 0.2) is 0 Å². The van der Waals surface area contributed by atoms with Crippen molar-refractivity contribution in [2.75, 3.05) is 19.6 Å². The molecule has 0 spiro atoms. The van der Waals surface area contributed by atoms with E-state index >= 15 is 0 Å². The molecule has 0 bridgehead atoms. The third kappa shape index (κ3) is 4.45. The number of furan rings is 1. The summed E-state index contributed by atoms with van der Waals surface area (Å²) in [6.07, 6.45) is 10.1. The van der Waals surface area contributed by atoms with Gasteiger partial charge in [0.25, 0.3) is 0 Å². The Bertz CT molecular complexity index is 1070. The molecule has 0 radical (unpaired) electrons. The first kappa shape index (κ1) is 19.7. The van der Waals surface area contributed by atoms with E-state index in [1.165, 1.54) is 12.8 Å². The largest absolute Gasteiger partial charge is 0.468 e. The van der Waals surface area contributed by atoms with E-state index in [-0.39, 0.29) is 6.04 Å². The number of pyridine rings is 1. The molecule has 1 fully saturated rings. The van der Waals surface area contributed by atoms with Gasteiger partial charge < -0.3 is 9.73 Å². The second-order valence-corrected chi connectivity index (χ2v) is 7.93. The fourth-order valence-electron chi connectivity index (χ4n) is 4.29. The standard InChI is InChI=1S/C25H27N5O/c1-2-9-22(10-3-1)30-19-21(25(28-30)20-8-6-12-26-16-20)17-27-18-23(24-11-7-15-31-24)29-13-4-5-14-29/h1-3,6-12,15-16,19,23,27H,4-5,13-14,17-18H2. The molecule has 1 atom stereocenters. The zero-order valence-corrected chi connectivity index (χ0v) is 17.5. The Labute approximate surface area is 182 Å². The molecule has 31 heavy (non-hydrogen) atoms. The van der Waals surface area contributed by atoms with Crippen LogP contribution in [0.25, 0.3) is 16.9 Å². The van der Waals surface area contributed by atoms with E-state index in [1.54, 1.807) is 12.5 Å². The summed E-state index contributed by atoms with van der Waals surface area (Å²) >= 11 is 0. The highest BCUT2D eigenvalue weighted by Crippen LogP contribution is 2.26. The van der Waals surface area contributed by atoms with E-state index in [1.807, 2.05) is 41.2 Å². The summed E-state index contributed by atoms with van der Waals surface area (Å²) in [5, 5.41) is 8.55. The Balaban J connectivity index is 1.37. The Morgan fingerprint density at radius 3 is 2.61 bits per heavy atom. The van der Waals surface area contributed by atoms with Crippen molar-refractivity contribution in [1.29, 1.82) is 0 Å².